The Morgan fingerprint density at radius 1 is 1.15 bits per heavy atom. The summed E-state index contributed by atoms with van der Waals surface area (Å²) in [5, 5.41) is 3.78. The largest absolute Gasteiger partial charge is 0.324 e. The average Bonchev–Trinajstić information content (AvgIpc) is 3.28. The third-order valence-corrected chi connectivity index (χ3v) is 7.50. The van der Waals surface area contributed by atoms with Crippen molar-refractivity contribution in [3.8, 4) is 0 Å². The number of nitrogens with zero attached hydrogens (tertiary/aromatic N) is 2. The minimum absolute atomic E-state index is 0.0313. The highest BCUT2D eigenvalue weighted by atomic mass is 32.1. The van der Waals surface area contributed by atoms with Gasteiger partial charge in [0.05, 0.1) is 13.2 Å². The molecule has 1 N–H and O–H groups in total. The first kappa shape index (κ1) is 19.2. The standard InChI is InChI=1S/C20H31N3O3S/c1-14-3-5-16(6-4-14)23(19(24)22-18-21-11-15(2)27-18)17-7-9-20(10-8-17)12-25-26-13-20/h11,14,16-17H,3-10,12-13H2,1-2H3,(H,21,22,24). The van der Waals surface area contributed by atoms with Gasteiger partial charge in [-0.2, -0.15) is 0 Å². The van der Waals surface area contributed by atoms with Crippen LogP contribution in [0.5, 0.6) is 0 Å². The summed E-state index contributed by atoms with van der Waals surface area (Å²) in [7, 11) is 0. The first-order valence-electron chi connectivity index (χ1n) is 10.3. The van der Waals surface area contributed by atoms with E-state index in [4.69, 9.17) is 9.78 Å². The van der Waals surface area contributed by atoms with Gasteiger partial charge in [-0.15, -0.1) is 11.3 Å². The molecule has 1 aromatic rings. The zero-order valence-electron chi connectivity index (χ0n) is 16.4. The molecule has 0 radical (unpaired) electrons. The number of amides is 2. The molecule has 2 saturated carbocycles. The van der Waals surface area contributed by atoms with Gasteiger partial charge in [-0.3, -0.25) is 5.32 Å². The van der Waals surface area contributed by atoms with E-state index in [1.165, 1.54) is 24.2 Å². The number of carbonyl (C=O) groups is 1. The van der Waals surface area contributed by atoms with E-state index < -0.39 is 0 Å². The van der Waals surface area contributed by atoms with Crippen molar-refractivity contribution < 1.29 is 14.6 Å². The third kappa shape index (κ3) is 4.30. The summed E-state index contributed by atoms with van der Waals surface area (Å²) in [6.07, 6.45) is 10.7. The normalized spacial score (nSPS) is 28.4. The van der Waals surface area contributed by atoms with E-state index in [0.29, 0.717) is 30.4 Å². The fourth-order valence-electron chi connectivity index (χ4n) is 4.88. The molecule has 150 valence electrons. The van der Waals surface area contributed by atoms with Crippen LogP contribution in [0.25, 0.3) is 0 Å². The van der Waals surface area contributed by atoms with E-state index in [9.17, 15) is 4.79 Å². The number of nitrogens with one attached hydrogen (secondary N) is 1. The number of carbonyl (C=O) groups excluding carboxylic acids is 1. The second kappa shape index (κ2) is 8.05. The van der Waals surface area contributed by atoms with Crippen LogP contribution in [0.15, 0.2) is 6.20 Å². The van der Waals surface area contributed by atoms with Crippen molar-refractivity contribution in [2.24, 2.45) is 11.3 Å². The molecular formula is C20H31N3O3S. The van der Waals surface area contributed by atoms with Crippen molar-refractivity contribution in [3.05, 3.63) is 11.1 Å². The van der Waals surface area contributed by atoms with Gasteiger partial charge < -0.3 is 4.90 Å². The molecule has 1 spiro atoms. The zero-order valence-corrected chi connectivity index (χ0v) is 17.2. The van der Waals surface area contributed by atoms with Crippen LogP contribution in [0.1, 0.15) is 63.2 Å². The lowest BCUT2D eigenvalue weighted by Crippen LogP contribution is -2.52. The lowest BCUT2D eigenvalue weighted by Gasteiger charge is -2.45. The molecule has 1 aliphatic heterocycles. The second-order valence-corrected chi connectivity index (χ2v) is 10.0. The molecule has 0 atom stereocenters. The van der Waals surface area contributed by atoms with Crippen LogP contribution in [0.4, 0.5) is 9.93 Å². The number of aryl methyl sites for hydroxylation is 1. The molecule has 0 aromatic carbocycles. The second-order valence-electron chi connectivity index (χ2n) is 8.78. The molecule has 2 aliphatic carbocycles. The summed E-state index contributed by atoms with van der Waals surface area (Å²) in [6, 6.07) is 0.678. The monoisotopic (exact) mass is 393 g/mol. The Morgan fingerprint density at radius 2 is 1.78 bits per heavy atom. The molecule has 0 unspecified atom stereocenters. The maximum Gasteiger partial charge on any atom is 0.324 e. The molecule has 0 bridgehead atoms. The Balaban J connectivity index is 1.46. The molecule has 27 heavy (non-hydrogen) atoms. The summed E-state index contributed by atoms with van der Waals surface area (Å²) in [5.41, 5.74) is 0.173. The summed E-state index contributed by atoms with van der Waals surface area (Å²) in [6.45, 7) is 5.74. The SMILES string of the molecule is Cc1cnc(NC(=O)N(C2CCC(C)CC2)C2CCC3(CC2)COOC3)s1. The van der Waals surface area contributed by atoms with Crippen LogP contribution >= 0.6 is 11.3 Å². The number of aromatic nitrogens is 1. The van der Waals surface area contributed by atoms with Gasteiger partial charge in [-0.1, -0.05) is 6.92 Å². The quantitative estimate of drug-likeness (QED) is 0.753. The highest BCUT2D eigenvalue weighted by Gasteiger charge is 2.43. The predicted molar refractivity (Wildman–Crippen MR) is 106 cm³/mol. The van der Waals surface area contributed by atoms with Gasteiger partial charge in [-0.05, 0) is 64.2 Å². The molecular weight excluding hydrogens is 362 g/mol. The molecule has 4 rings (SSSR count). The molecule has 6 nitrogen and oxygen atoms in total. The average molecular weight is 394 g/mol. The molecule has 7 heteroatoms. The van der Waals surface area contributed by atoms with Crippen molar-refractivity contribution >= 4 is 22.5 Å². The Labute approximate surface area is 165 Å². The van der Waals surface area contributed by atoms with Crippen LogP contribution in [-0.4, -0.2) is 41.2 Å². The van der Waals surface area contributed by atoms with E-state index in [2.05, 4.69) is 22.1 Å². The van der Waals surface area contributed by atoms with Crippen molar-refractivity contribution in [1.82, 2.24) is 9.88 Å². The van der Waals surface area contributed by atoms with E-state index in [1.807, 2.05) is 13.1 Å². The molecule has 1 saturated heterocycles. The fourth-order valence-corrected chi connectivity index (χ4v) is 5.53. The van der Waals surface area contributed by atoms with Gasteiger partial charge in [-0.25, -0.2) is 19.6 Å². The van der Waals surface area contributed by atoms with Crippen molar-refractivity contribution in [2.75, 3.05) is 18.5 Å². The van der Waals surface area contributed by atoms with E-state index in [-0.39, 0.29) is 11.4 Å². The first-order chi connectivity index (χ1) is 13.0. The van der Waals surface area contributed by atoms with E-state index in [1.54, 1.807) is 0 Å². The smallest absolute Gasteiger partial charge is 0.319 e. The lowest BCUT2D eigenvalue weighted by molar-refractivity contribution is -0.248. The Hall–Kier alpha value is -1.18. The Bertz CT molecular complexity index is 641. The summed E-state index contributed by atoms with van der Waals surface area (Å²) in [4.78, 5) is 31.2. The van der Waals surface area contributed by atoms with Crippen molar-refractivity contribution in [1.29, 1.82) is 0 Å². The van der Waals surface area contributed by atoms with Gasteiger partial charge >= 0.3 is 6.03 Å². The van der Waals surface area contributed by atoms with Gasteiger partial charge in [0.25, 0.3) is 0 Å². The molecule has 2 heterocycles. The van der Waals surface area contributed by atoms with Crippen LogP contribution < -0.4 is 5.32 Å². The highest BCUT2D eigenvalue weighted by Crippen LogP contribution is 2.43. The summed E-state index contributed by atoms with van der Waals surface area (Å²) in [5.74, 6) is 0.773. The highest BCUT2D eigenvalue weighted by molar-refractivity contribution is 7.15. The van der Waals surface area contributed by atoms with Gasteiger partial charge in [0, 0.05) is 28.6 Å². The minimum Gasteiger partial charge on any atom is -0.319 e. The van der Waals surface area contributed by atoms with Crippen molar-refractivity contribution in [2.45, 2.75) is 77.3 Å². The van der Waals surface area contributed by atoms with Gasteiger partial charge in [0.1, 0.15) is 0 Å². The number of hydrogen-bond donors (Lipinski definition) is 1. The number of anilines is 1. The van der Waals surface area contributed by atoms with Gasteiger partial charge in [0.2, 0.25) is 0 Å². The number of thiazole rings is 1. The summed E-state index contributed by atoms with van der Waals surface area (Å²) >= 11 is 1.54. The maximum absolute atomic E-state index is 13.2. The molecule has 3 aliphatic rings. The summed E-state index contributed by atoms with van der Waals surface area (Å²) < 4.78 is 0. The van der Waals surface area contributed by atoms with Gasteiger partial charge in [0.15, 0.2) is 5.13 Å². The number of rotatable bonds is 3. The Morgan fingerprint density at radius 3 is 2.37 bits per heavy atom. The molecule has 1 aromatic heterocycles. The van der Waals surface area contributed by atoms with E-state index in [0.717, 1.165) is 49.3 Å². The Kier molecular flexibility index (Phi) is 5.71. The topological polar surface area (TPSA) is 63.7 Å². The first-order valence-corrected chi connectivity index (χ1v) is 11.1. The van der Waals surface area contributed by atoms with Crippen LogP contribution in [0.2, 0.25) is 0 Å². The molecule has 3 fully saturated rings. The number of urea groups is 1. The predicted octanol–water partition coefficient (Wildman–Crippen LogP) is 4.75. The van der Waals surface area contributed by atoms with E-state index >= 15 is 0 Å². The lowest BCUT2D eigenvalue weighted by atomic mass is 9.73. The van der Waals surface area contributed by atoms with Crippen LogP contribution in [0, 0.1) is 18.3 Å². The fraction of sp³-hybridized carbons (Fsp3) is 0.800. The van der Waals surface area contributed by atoms with Crippen LogP contribution in [0.3, 0.4) is 0 Å². The maximum atomic E-state index is 13.2. The van der Waals surface area contributed by atoms with Crippen LogP contribution in [-0.2, 0) is 9.78 Å². The zero-order chi connectivity index (χ0) is 18.9. The third-order valence-electron chi connectivity index (χ3n) is 6.67. The minimum atomic E-state index is 0.0313. The van der Waals surface area contributed by atoms with Crippen molar-refractivity contribution in [3.63, 3.8) is 0 Å². The number of hydrogen-bond acceptors (Lipinski definition) is 5. The molecule has 2 amide bonds.